The molecule has 0 aliphatic heterocycles. The van der Waals surface area contributed by atoms with Crippen LogP contribution in [0.1, 0.15) is 10.5 Å². The molecule has 0 aromatic carbocycles. The molecular formula is C12H12BrN3O. The van der Waals surface area contributed by atoms with Gasteiger partial charge in [0.2, 0.25) is 5.78 Å². The van der Waals surface area contributed by atoms with Gasteiger partial charge in [-0.15, -0.1) is 0 Å². The van der Waals surface area contributed by atoms with E-state index in [4.69, 9.17) is 0 Å². The highest BCUT2D eigenvalue weighted by Gasteiger charge is 2.09. The molecule has 0 aliphatic carbocycles. The SMILES string of the molecule is CN(C)/C=C\C(=O)c1cnc2ccc(Br)cn12. The highest BCUT2D eigenvalue weighted by molar-refractivity contribution is 9.10. The molecule has 0 N–H and O–H groups in total. The molecule has 0 radical (unpaired) electrons. The Hall–Kier alpha value is -1.62. The Balaban J connectivity index is 2.42. The molecule has 0 fully saturated rings. The number of carbonyl (C=O) groups excluding carboxylic acids is 1. The summed E-state index contributed by atoms with van der Waals surface area (Å²) >= 11 is 3.38. The van der Waals surface area contributed by atoms with Crippen LogP contribution >= 0.6 is 15.9 Å². The van der Waals surface area contributed by atoms with Gasteiger partial charge in [-0.3, -0.25) is 9.20 Å². The number of aromatic nitrogens is 2. The van der Waals surface area contributed by atoms with E-state index in [9.17, 15) is 4.79 Å². The van der Waals surface area contributed by atoms with Gasteiger partial charge >= 0.3 is 0 Å². The van der Waals surface area contributed by atoms with Gasteiger partial charge in [0.25, 0.3) is 0 Å². The average molecular weight is 294 g/mol. The van der Waals surface area contributed by atoms with Crippen LogP contribution in [0.3, 0.4) is 0 Å². The molecule has 2 aromatic rings. The lowest BCUT2D eigenvalue weighted by atomic mass is 10.3. The average Bonchev–Trinajstić information content (AvgIpc) is 2.68. The number of imidazole rings is 1. The van der Waals surface area contributed by atoms with E-state index >= 15 is 0 Å². The van der Waals surface area contributed by atoms with E-state index in [1.165, 1.54) is 6.08 Å². The largest absolute Gasteiger partial charge is 0.383 e. The van der Waals surface area contributed by atoms with Crippen LogP contribution in [-0.2, 0) is 0 Å². The minimum atomic E-state index is -0.0655. The standard InChI is InChI=1S/C12H12BrN3O/c1-15(2)6-5-11(17)10-7-14-12-4-3-9(13)8-16(10)12/h3-8H,1-2H3/b6-5-. The van der Waals surface area contributed by atoms with Crippen molar-refractivity contribution in [3.8, 4) is 0 Å². The zero-order valence-corrected chi connectivity index (χ0v) is 11.2. The summed E-state index contributed by atoms with van der Waals surface area (Å²) in [7, 11) is 3.74. The minimum absolute atomic E-state index is 0.0655. The van der Waals surface area contributed by atoms with Crippen LogP contribution in [0.2, 0.25) is 0 Å². The predicted molar refractivity (Wildman–Crippen MR) is 70.0 cm³/mol. The molecule has 2 aromatic heterocycles. The van der Waals surface area contributed by atoms with Crippen LogP contribution in [0.4, 0.5) is 0 Å². The summed E-state index contributed by atoms with van der Waals surface area (Å²) in [4.78, 5) is 17.9. The summed E-state index contributed by atoms with van der Waals surface area (Å²) in [6.07, 6.45) is 6.67. The van der Waals surface area contributed by atoms with Crippen molar-refractivity contribution in [2.75, 3.05) is 14.1 Å². The molecule has 0 saturated carbocycles. The number of fused-ring (bicyclic) bond motifs is 1. The van der Waals surface area contributed by atoms with E-state index in [1.54, 1.807) is 16.8 Å². The molecular weight excluding hydrogens is 282 g/mol. The van der Waals surface area contributed by atoms with E-state index < -0.39 is 0 Å². The third-order valence-electron chi connectivity index (χ3n) is 2.25. The number of rotatable bonds is 3. The van der Waals surface area contributed by atoms with E-state index in [0.29, 0.717) is 5.69 Å². The molecule has 0 unspecified atom stereocenters. The van der Waals surface area contributed by atoms with Gasteiger partial charge in [-0.25, -0.2) is 4.98 Å². The third-order valence-corrected chi connectivity index (χ3v) is 2.72. The number of hydrogen-bond donors (Lipinski definition) is 0. The molecule has 0 atom stereocenters. The second kappa shape index (κ2) is 4.71. The number of ketones is 1. The van der Waals surface area contributed by atoms with Crippen molar-refractivity contribution in [1.82, 2.24) is 14.3 Å². The zero-order chi connectivity index (χ0) is 12.4. The fourth-order valence-corrected chi connectivity index (χ4v) is 1.78. The lowest BCUT2D eigenvalue weighted by molar-refractivity contribution is 0.104. The Morgan fingerprint density at radius 1 is 1.47 bits per heavy atom. The van der Waals surface area contributed by atoms with Gasteiger partial charge in [-0.05, 0) is 28.1 Å². The van der Waals surface area contributed by atoms with Gasteiger partial charge in [0, 0.05) is 37.0 Å². The second-order valence-corrected chi connectivity index (χ2v) is 4.78. The van der Waals surface area contributed by atoms with Crippen LogP contribution in [0.25, 0.3) is 5.65 Å². The Labute approximate surface area is 108 Å². The van der Waals surface area contributed by atoms with E-state index in [0.717, 1.165) is 10.1 Å². The van der Waals surface area contributed by atoms with Crippen LogP contribution in [-0.4, -0.2) is 34.2 Å². The van der Waals surface area contributed by atoms with E-state index in [2.05, 4.69) is 20.9 Å². The first-order chi connectivity index (χ1) is 8.08. The van der Waals surface area contributed by atoms with Crippen molar-refractivity contribution < 1.29 is 4.79 Å². The Kier molecular flexibility index (Phi) is 3.28. The van der Waals surface area contributed by atoms with Gasteiger partial charge in [0.05, 0.1) is 6.20 Å². The van der Waals surface area contributed by atoms with Crippen molar-refractivity contribution in [2.45, 2.75) is 0 Å². The Morgan fingerprint density at radius 3 is 2.94 bits per heavy atom. The maximum absolute atomic E-state index is 11.9. The number of carbonyl (C=O) groups is 1. The molecule has 5 heteroatoms. The van der Waals surface area contributed by atoms with Gasteiger partial charge in [0.15, 0.2) is 0 Å². The lowest BCUT2D eigenvalue weighted by Gasteiger charge is -2.03. The predicted octanol–water partition coefficient (Wildman–Crippen LogP) is 2.35. The molecule has 4 nitrogen and oxygen atoms in total. The highest BCUT2D eigenvalue weighted by Crippen LogP contribution is 2.14. The van der Waals surface area contributed by atoms with Crippen LogP contribution < -0.4 is 0 Å². The smallest absolute Gasteiger partial charge is 0.205 e. The molecule has 2 rings (SSSR count). The number of hydrogen-bond acceptors (Lipinski definition) is 3. The van der Waals surface area contributed by atoms with Crippen LogP contribution in [0.15, 0.2) is 41.3 Å². The van der Waals surface area contributed by atoms with Crippen LogP contribution in [0, 0.1) is 0 Å². The minimum Gasteiger partial charge on any atom is -0.383 e. The normalized spacial score (nSPS) is 11.2. The molecule has 2 heterocycles. The quantitative estimate of drug-likeness (QED) is 0.644. The maximum Gasteiger partial charge on any atom is 0.205 e. The Bertz CT molecular complexity index is 586. The summed E-state index contributed by atoms with van der Waals surface area (Å²) in [5.74, 6) is -0.0655. The van der Waals surface area contributed by atoms with Gasteiger partial charge in [-0.1, -0.05) is 0 Å². The third kappa shape index (κ3) is 2.55. The van der Waals surface area contributed by atoms with Crippen molar-refractivity contribution >= 4 is 27.4 Å². The number of pyridine rings is 1. The number of halogens is 1. The molecule has 0 saturated heterocycles. The van der Waals surface area contributed by atoms with Crippen molar-refractivity contribution in [2.24, 2.45) is 0 Å². The first kappa shape index (κ1) is 11.9. The van der Waals surface area contributed by atoms with Gasteiger partial charge < -0.3 is 4.90 Å². The maximum atomic E-state index is 11.9. The topological polar surface area (TPSA) is 37.6 Å². The first-order valence-corrected chi connectivity index (χ1v) is 5.89. The van der Waals surface area contributed by atoms with Gasteiger partial charge in [0.1, 0.15) is 11.3 Å². The summed E-state index contributed by atoms with van der Waals surface area (Å²) in [6.45, 7) is 0. The summed E-state index contributed by atoms with van der Waals surface area (Å²) in [5.41, 5.74) is 1.31. The van der Waals surface area contributed by atoms with E-state index in [-0.39, 0.29) is 5.78 Å². The van der Waals surface area contributed by atoms with Crippen molar-refractivity contribution in [1.29, 1.82) is 0 Å². The van der Waals surface area contributed by atoms with Gasteiger partial charge in [-0.2, -0.15) is 0 Å². The number of nitrogens with zero attached hydrogens (tertiary/aromatic N) is 3. The molecule has 17 heavy (non-hydrogen) atoms. The molecule has 0 spiro atoms. The van der Waals surface area contributed by atoms with Crippen molar-refractivity contribution in [3.05, 3.63) is 47.0 Å². The monoisotopic (exact) mass is 293 g/mol. The fraction of sp³-hybridized carbons (Fsp3) is 0.167. The van der Waals surface area contributed by atoms with Crippen molar-refractivity contribution in [3.63, 3.8) is 0 Å². The first-order valence-electron chi connectivity index (χ1n) is 5.09. The summed E-state index contributed by atoms with van der Waals surface area (Å²) in [5, 5.41) is 0. The Morgan fingerprint density at radius 2 is 2.24 bits per heavy atom. The number of allylic oxidation sites excluding steroid dienone is 1. The molecule has 88 valence electrons. The molecule has 0 bridgehead atoms. The summed E-state index contributed by atoms with van der Waals surface area (Å²) < 4.78 is 2.68. The lowest BCUT2D eigenvalue weighted by Crippen LogP contribution is -2.04. The molecule has 0 aliphatic rings. The van der Waals surface area contributed by atoms with Crippen LogP contribution in [0.5, 0.6) is 0 Å². The fourth-order valence-electron chi connectivity index (χ4n) is 1.44. The molecule has 0 amide bonds. The zero-order valence-electron chi connectivity index (χ0n) is 9.59. The van der Waals surface area contributed by atoms with E-state index in [1.807, 2.05) is 37.3 Å². The summed E-state index contributed by atoms with van der Waals surface area (Å²) in [6, 6.07) is 3.75. The second-order valence-electron chi connectivity index (χ2n) is 3.86. The highest BCUT2D eigenvalue weighted by atomic mass is 79.9.